The van der Waals surface area contributed by atoms with Crippen LogP contribution in [0.5, 0.6) is 0 Å². The monoisotopic (exact) mass is 646 g/mol. The first kappa shape index (κ1) is 31.2. The van der Waals surface area contributed by atoms with Crippen molar-refractivity contribution >= 4 is 43.6 Å². The van der Waals surface area contributed by atoms with E-state index in [0.717, 1.165) is 55.3 Å². The van der Waals surface area contributed by atoms with Crippen LogP contribution in [0.2, 0.25) is 0 Å². The van der Waals surface area contributed by atoms with E-state index in [1.807, 2.05) is 12.1 Å². The van der Waals surface area contributed by atoms with Gasteiger partial charge in [0.15, 0.2) is 0 Å². The second-order valence-electron chi connectivity index (χ2n) is 15.3. The third-order valence-corrected chi connectivity index (χ3v) is 10.1. The van der Waals surface area contributed by atoms with Crippen LogP contribution >= 0.6 is 0 Å². The molecule has 0 spiro atoms. The molecular weight excluding hydrogens is 609 g/mol. The number of rotatable bonds is 3. The van der Waals surface area contributed by atoms with Crippen LogP contribution in [-0.2, 0) is 10.8 Å². The average Bonchev–Trinajstić information content (AvgIpc) is 3.62. The van der Waals surface area contributed by atoms with Crippen LogP contribution in [0.1, 0.15) is 63.8 Å². The molecular formula is C46H38N4. The Kier molecular flexibility index (Phi) is 7.00. The Balaban J connectivity index is 1.62. The van der Waals surface area contributed by atoms with Crippen LogP contribution in [0.3, 0.4) is 0 Å². The van der Waals surface area contributed by atoms with Crippen LogP contribution in [-0.4, -0.2) is 9.13 Å². The Bertz CT molecular complexity index is 2730. The van der Waals surface area contributed by atoms with Crippen LogP contribution < -0.4 is 0 Å². The molecule has 0 fully saturated rings. The highest BCUT2D eigenvalue weighted by atomic mass is 15.0. The first-order chi connectivity index (χ1) is 24.0. The van der Waals surface area contributed by atoms with Gasteiger partial charge in [0.05, 0.1) is 51.0 Å². The average molecular weight is 647 g/mol. The minimum atomic E-state index is -0.0585. The second-order valence-corrected chi connectivity index (χ2v) is 15.3. The SMILES string of the molecule is CC(C)(C)c1ccc2c(c1)c1ccc(C(C)(C)C)cc1n2-c1ccc2c(c1-c1cc(C#N)ccc1C#N)c1ccccc1n2-c1ccccc1. The van der Waals surface area contributed by atoms with Gasteiger partial charge in [-0.3, -0.25) is 0 Å². The zero-order chi connectivity index (χ0) is 34.9. The smallest absolute Gasteiger partial charge is 0.0998 e. The Morgan fingerprint density at radius 2 is 1.16 bits per heavy atom. The molecule has 0 aliphatic carbocycles. The number of nitriles is 2. The van der Waals surface area contributed by atoms with Crippen LogP contribution in [0.4, 0.5) is 0 Å². The standard InChI is InChI=1S/C46H38N4/c1-45(2,3)31-19-21-39-37(25-31)34-20-18-32(46(4,5)6)26-42(34)50(39)41-23-22-40-43(44(41)36-24-29(27-47)16-17-30(36)28-48)35-14-10-11-15-38(35)49(40)33-12-8-7-9-13-33/h7-26H,1-6H3. The molecule has 50 heavy (non-hydrogen) atoms. The van der Waals surface area contributed by atoms with Crippen LogP contribution in [0, 0.1) is 22.7 Å². The summed E-state index contributed by atoms with van der Waals surface area (Å²) in [6, 6.07) is 47.3. The lowest BCUT2D eigenvalue weighted by Crippen LogP contribution is -2.11. The van der Waals surface area contributed by atoms with E-state index in [-0.39, 0.29) is 10.8 Å². The van der Waals surface area contributed by atoms with E-state index in [1.165, 1.54) is 21.9 Å². The van der Waals surface area contributed by atoms with E-state index in [9.17, 15) is 10.5 Å². The lowest BCUT2D eigenvalue weighted by Gasteiger charge is -2.21. The lowest BCUT2D eigenvalue weighted by atomic mass is 9.85. The van der Waals surface area contributed by atoms with Crippen molar-refractivity contribution in [3.8, 4) is 34.6 Å². The van der Waals surface area contributed by atoms with Gasteiger partial charge < -0.3 is 9.13 Å². The Morgan fingerprint density at radius 3 is 1.88 bits per heavy atom. The molecule has 0 aliphatic rings. The first-order valence-corrected chi connectivity index (χ1v) is 17.2. The molecule has 0 unspecified atom stereocenters. The van der Waals surface area contributed by atoms with Crippen molar-refractivity contribution < 1.29 is 0 Å². The predicted octanol–water partition coefficient (Wildman–Crippen LogP) is 11.9. The number of para-hydroxylation sites is 2. The van der Waals surface area contributed by atoms with E-state index in [1.54, 1.807) is 12.1 Å². The number of benzene rings is 6. The molecule has 0 radical (unpaired) electrons. The summed E-state index contributed by atoms with van der Waals surface area (Å²) >= 11 is 0. The molecule has 6 aromatic carbocycles. The van der Waals surface area contributed by atoms with Crippen molar-refractivity contribution in [2.45, 2.75) is 52.4 Å². The molecule has 242 valence electrons. The van der Waals surface area contributed by atoms with Gasteiger partial charge in [-0.15, -0.1) is 0 Å². The first-order valence-electron chi connectivity index (χ1n) is 17.2. The zero-order valence-corrected chi connectivity index (χ0v) is 29.3. The van der Waals surface area contributed by atoms with Gasteiger partial charge in [0.25, 0.3) is 0 Å². The number of aromatic nitrogens is 2. The molecule has 4 heteroatoms. The molecule has 0 aliphatic heterocycles. The van der Waals surface area contributed by atoms with Crippen molar-refractivity contribution in [3.05, 3.63) is 144 Å². The number of hydrogen-bond acceptors (Lipinski definition) is 2. The molecule has 2 heterocycles. The molecule has 8 aromatic rings. The highest BCUT2D eigenvalue weighted by Crippen LogP contribution is 2.46. The highest BCUT2D eigenvalue weighted by Gasteiger charge is 2.26. The quantitative estimate of drug-likeness (QED) is 0.192. The molecule has 0 saturated carbocycles. The number of nitrogens with zero attached hydrogens (tertiary/aromatic N) is 4. The summed E-state index contributed by atoms with van der Waals surface area (Å²) in [6.07, 6.45) is 0. The molecule has 2 aromatic heterocycles. The molecule has 0 bridgehead atoms. The van der Waals surface area contributed by atoms with Crippen molar-refractivity contribution in [2.75, 3.05) is 0 Å². The summed E-state index contributed by atoms with van der Waals surface area (Å²) in [5.74, 6) is 0. The maximum absolute atomic E-state index is 10.6. The van der Waals surface area contributed by atoms with Crippen LogP contribution in [0.25, 0.3) is 66.1 Å². The van der Waals surface area contributed by atoms with Gasteiger partial charge in [0, 0.05) is 38.4 Å². The van der Waals surface area contributed by atoms with Gasteiger partial charge in [-0.05, 0) is 88.7 Å². The van der Waals surface area contributed by atoms with E-state index in [2.05, 4.69) is 160 Å². The Hall–Kier alpha value is -6.10. The fourth-order valence-electron chi connectivity index (χ4n) is 7.50. The molecule has 0 atom stereocenters. The minimum Gasteiger partial charge on any atom is -0.309 e. The molecule has 0 N–H and O–H groups in total. The normalized spacial score (nSPS) is 12.2. The third kappa shape index (κ3) is 4.80. The van der Waals surface area contributed by atoms with E-state index < -0.39 is 0 Å². The van der Waals surface area contributed by atoms with Gasteiger partial charge in [0.1, 0.15) is 0 Å². The molecule has 8 rings (SSSR count). The fraction of sp³-hybridized carbons (Fsp3) is 0.174. The minimum absolute atomic E-state index is 0.0171. The van der Waals surface area contributed by atoms with Gasteiger partial charge in [-0.2, -0.15) is 10.5 Å². The zero-order valence-electron chi connectivity index (χ0n) is 29.3. The highest BCUT2D eigenvalue weighted by molar-refractivity contribution is 6.19. The van der Waals surface area contributed by atoms with Gasteiger partial charge in [0.2, 0.25) is 0 Å². The molecule has 0 amide bonds. The van der Waals surface area contributed by atoms with Gasteiger partial charge in [-0.1, -0.05) is 96.1 Å². The summed E-state index contributed by atoms with van der Waals surface area (Å²) in [4.78, 5) is 0. The lowest BCUT2D eigenvalue weighted by molar-refractivity contribution is 0.591. The maximum atomic E-state index is 10.6. The summed E-state index contributed by atoms with van der Waals surface area (Å²) in [7, 11) is 0. The number of hydrogen-bond donors (Lipinski definition) is 0. The van der Waals surface area contributed by atoms with Crippen molar-refractivity contribution in [3.63, 3.8) is 0 Å². The molecule has 0 saturated heterocycles. The summed E-state index contributed by atoms with van der Waals surface area (Å²) in [5, 5.41) is 25.2. The predicted molar refractivity (Wildman–Crippen MR) is 207 cm³/mol. The Morgan fingerprint density at radius 1 is 0.500 bits per heavy atom. The Labute approximate surface area is 293 Å². The third-order valence-electron chi connectivity index (χ3n) is 10.1. The van der Waals surface area contributed by atoms with E-state index in [4.69, 9.17) is 0 Å². The van der Waals surface area contributed by atoms with Crippen molar-refractivity contribution in [2.24, 2.45) is 0 Å². The fourth-order valence-corrected chi connectivity index (χ4v) is 7.50. The van der Waals surface area contributed by atoms with Crippen LogP contribution in [0.15, 0.2) is 121 Å². The van der Waals surface area contributed by atoms with Crippen molar-refractivity contribution in [1.29, 1.82) is 10.5 Å². The largest absolute Gasteiger partial charge is 0.309 e. The second kappa shape index (κ2) is 11.2. The topological polar surface area (TPSA) is 57.4 Å². The summed E-state index contributed by atoms with van der Waals surface area (Å²) < 4.78 is 4.69. The van der Waals surface area contributed by atoms with E-state index in [0.29, 0.717) is 11.1 Å². The van der Waals surface area contributed by atoms with Gasteiger partial charge in [-0.25, -0.2) is 0 Å². The van der Waals surface area contributed by atoms with E-state index >= 15 is 0 Å². The van der Waals surface area contributed by atoms with Gasteiger partial charge >= 0.3 is 0 Å². The van der Waals surface area contributed by atoms with Crippen molar-refractivity contribution in [1.82, 2.24) is 9.13 Å². The summed E-state index contributed by atoms with van der Waals surface area (Å²) in [5.41, 5.74) is 11.5. The summed E-state index contributed by atoms with van der Waals surface area (Å²) in [6.45, 7) is 13.5. The molecule has 4 nitrogen and oxygen atoms in total. The number of fused-ring (bicyclic) bond motifs is 6. The maximum Gasteiger partial charge on any atom is 0.0998 e.